The number of unbranched alkanes of at least 4 members (excludes halogenated alkanes) is 1. The van der Waals surface area contributed by atoms with Gasteiger partial charge in [-0.15, -0.1) is 0 Å². The summed E-state index contributed by atoms with van der Waals surface area (Å²) in [6.07, 6.45) is 2.99. The summed E-state index contributed by atoms with van der Waals surface area (Å²) in [5.74, 6) is -1.04. The van der Waals surface area contributed by atoms with Crippen LogP contribution in [0.3, 0.4) is 0 Å². The second-order valence-electron chi connectivity index (χ2n) is 4.75. The van der Waals surface area contributed by atoms with Gasteiger partial charge in [0, 0.05) is 18.1 Å². The fourth-order valence-electron chi connectivity index (χ4n) is 2.06. The number of rotatable bonds is 5. The first kappa shape index (κ1) is 16.2. The molecule has 0 spiro atoms. The number of hydrogen-bond donors (Lipinski definition) is 3. The first-order valence-corrected chi connectivity index (χ1v) is 8.16. The highest BCUT2D eigenvalue weighted by Gasteiger charge is 2.23. The van der Waals surface area contributed by atoms with Gasteiger partial charge in [-0.05, 0) is 24.6 Å². The summed E-state index contributed by atoms with van der Waals surface area (Å²) in [5, 5.41) is 12.8. The van der Waals surface area contributed by atoms with Crippen LogP contribution in [0, 0.1) is 0 Å². The average Bonchev–Trinajstić information content (AvgIpc) is 2.46. The SMILES string of the molecule is CCCCNC(=O)c1cc(S(=O)(=O)O)c2cccnc2c1O. The normalized spacial score (nSPS) is 11.5. The van der Waals surface area contributed by atoms with E-state index in [9.17, 15) is 22.9 Å². The second-order valence-corrected chi connectivity index (χ2v) is 6.14. The standard InChI is InChI=1S/C14H16N2O5S/c1-2-3-6-16-14(18)10-8-11(22(19,20)21)9-5-4-7-15-12(9)13(10)17/h4-5,7-8,17H,2-3,6H2,1H3,(H,16,18)(H,19,20,21). The second kappa shape index (κ2) is 6.29. The summed E-state index contributed by atoms with van der Waals surface area (Å²) in [7, 11) is -4.56. The van der Waals surface area contributed by atoms with Gasteiger partial charge in [0.15, 0.2) is 5.75 Å². The molecule has 0 saturated carbocycles. The van der Waals surface area contributed by atoms with Crippen molar-refractivity contribution in [3.8, 4) is 5.75 Å². The van der Waals surface area contributed by atoms with Gasteiger partial charge in [-0.1, -0.05) is 13.3 Å². The molecule has 0 aliphatic rings. The number of fused-ring (bicyclic) bond motifs is 1. The Hall–Kier alpha value is -2.19. The largest absolute Gasteiger partial charge is 0.505 e. The molecule has 2 aromatic rings. The first-order valence-electron chi connectivity index (χ1n) is 6.72. The van der Waals surface area contributed by atoms with E-state index in [1.165, 1.54) is 18.3 Å². The van der Waals surface area contributed by atoms with E-state index in [0.29, 0.717) is 6.54 Å². The Morgan fingerprint density at radius 3 is 2.77 bits per heavy atom. The van der Waals surface area contributed by atoms with E-state index in [-0.39, 0.29) is 16.5 Å². The van der Waals surface area contributed by atoms with Crippen LogP contribution >= 0.6 is 0 Å². The van der Waals surface area contributed by atoms with Crippen LogP contribution in [-0.2, 0) is 10.1 Å². The zero-order chi connectivity index (χ0) is 16.3. The highest BCUT2D eigenvalue weighted by atomic mass is 32.2. The van der Waals surface area contributed by atoms with Gasteiger partial charge in [0.05, 0.1) is 5.56 Å². The summed E-state index contributed by atoms with van der Waals surface area (Å²) in [5.41, 5.74) is -0.298. The zero-order valence-electron chi connectivity index (χ0n) is 11.9. The van der Waals surface area contributed by atoms with E-state index in [1.807, 2.05) is 6.92 Å². The highest BCUT2D eigenvalue weighted by Crippen LogP contribution is 2.32. The lowest BCUT2D eigenvalue weighted by Crippen LogP contribution is -2.24. The van der Waals surface area contributed by atoms with Crippen molar-refractivity contribution in [1.82, 2.24) is 10.3 Å². The summed E-state index contributed by atoms with van der Waals surface area (Å²) >= 11 is 0. The van der Waals surface area contributed by atoms with Crippen LogP contribution in [0.4, 0.5) is 0 Å². The van der Waals surface area contributed by atoms with E-state index < -0.39 is 26.7 Å². The van der Waals surface area contributed by atoms with Crippen molar-refractivity contribution in [2.24, 2.45) is 0 Å². The monoisotopic (exact) mass is 324 g/mol. The molecule has 0 fully saturated rings. The Balaban J connectivity index is 2.61. The average molecular weight is 324 g/mol. The smallest absolute Gasteiger partial charge is 0.295 e. The number of phenols is 1. The molecule has 2 rings (SSSR count). The van der Waals surface area contributed by atoms with Gasteiger partial charge in [-0.25, -0.2) is 0 Å². The Kier molecular flexibility index (Phi) is 4.62. The van der Waals surface area contributed by atoms with Crippen molar-refractivity contribution in [2.75, 3.05) is 6.54 Å². The number of hydrogen-bond acceptors (Lipinski definition) is 5. The molecule has 0 radical (unpaired) electrons. The number of aromatic hydroxyl groups is 1. The molecule has 3 N–H and O–H groups in total. The predicted octanol–water partition coefficient (Wildman–Crippen LogP) is 1.72. The molecule has 0 unspecified atom stereocenters. The minimum Gasteiger partial charge on any atom is -0.505 e. The van der Waals surface area contributed by atoms with Crippen molar-refractivity contribution in [3.63, 3.8) is 0 Å². The van der Waals surface area contributed by atoms with E-state index in [2.05, 4.69) is 10.3 Å². The predicted molar refractivity (Wildman–Crippen MR) is 80.5 cm³/mol. The summed E-state index contributed by atoms with van der Waals surface area (Å²) in [6.45, 7) is 2.36. The summed E-state index contributed by atoms with van der Waals surface area (Å²) in [4.78, 5) is 15.5. The third-order valence-electron chi connectivity index (χ3n) is 3.17. The van der Waals surface area contributed by atoms with Gasteiger partial charge in [-0.3, -0.25) is 14.3 Å². The Bertz CT molecular complexity index is 817. The van der Waals surface area contributed by atoms with Gasteiger partial charge in [0.1, 0.15) is 10.4 Å². The first-order chi connectivity index (χ1) is 10.4. The highest BCUT2D eigenvalue weighted by molar-refractivity contribution is 7.86. The number of benzene rings is 1. The van der Waals surface area contributed by atoms with Crippen LogP contribution in [0.1, 0.15) is 30.1 Å². The lowest BCUT2D eigenvalue weighted by atomic mass is 10.1. The number of carbonyl (C=O) groups excluding carboxylic acids is 1. The van der Waals surface area contributed by atoms with Gasteiger partial charge >= 0.3 is 0 Å². The number of phenolic OH excluding ortho intramolecular Hbond substituents is 1. The number of pyridine rings is 1. The van der Waals surface area contributed by atoms with Gasteiger partial charge < -0.3 is 10.4 Å². The van der Waals surface area contributed by atoms with Crippen LogP contribution in [0.15, 0.2) is 29.3 Å². The molecule has 1 aromatic heterocycles. The molecule has 22 heavy (non-hydrogen) atoms. The Labute approximate surface area is 127 Å². The van der Waals surface area contributed by atoms with E-state index >= 15 is 0 Å². The van der Waals surface area contributed by atoms with Crippen molar-refractivity contribution >= 4 is 26.9 Å². The molecule has 0 aliphatic heterocycles. The fraction of sp³-hybridized carbons (Fsp3) is 0.286. The Morgan fingerprint density at radius 2 is 2.14 bits per heavy atom. The summed E-state index contributed by atoms with van der Waals surface area (Å²) < 4.78 is 32.3. The molecule has 0 saturated heterocycles. The van der Waals surface area contributed by atoms with Crippen LogP contribution < -0.4 is 5.32 Å². The molecule has 0 atom stereocenters. The van der Waals surface area contributed by atoms with Gasteiger partial charge in [-0.2, -0.15) is 8.42 Å². The van der Waals surface area contributed by atoms with Crippen LogP contribution in [0.25, 0.3) is 10.9 Å². The van der Waals surface area contributed by atoms with Crippen LogP contribution in [0.5, 0.6) is 5.75 Å². The van der Waals surface area contributed by atoms with E-state index in [4.69, 9.17) is 0 Å². The maximum absolute atomic E-state index is 12.1. The van der Waals surface area contributed by atoms with Crippen LogP contribution in [0.2, 0.25) is 0 Å². The van der Waals surface area contributed by atoms with Crippen molar-refractivity contribution in [3.05, 3.63) is 30.0 Å². The van der Waals surface area contributed by atoms with Crippen LogP contribution in [-0.4, -0.2) is 35.5 Å². The molecular weight excluding hydrogens is 308 g/mol. The number of amides is 1. The molecule has 1 aromatic carbocycles. The van der Waals surface area contributed by atoms with E-state index in [0.717, 1.165) is 18.9 Å². The van der Waals surface area contributed by atoms with Gasteiger partial charge in [0.2, 0.25) is 0 Å². The summed E-state index contributed by atoms with van der Waals surface area (Å²) in [6, 6.07) is 3.82. The molecule has 118 valence electrons. The molecular formula is C14H16N2O5S. The molecule has 7 nitrogen and oxygen atoms in total. The zero-order valence-corrected chi connectivity index (χ0v) is 12.7. The lowest BCUT2D eigenvalue weighted by molar-refractivity contribution is 0.0950. The molecule has 1 heterocycles. The van der Waals surface area contributed by atoms with Crippen molar-refractivity contribution < 1.29 is 22.9 Å². The number of nitrogens with one attached hydrogen (secondary N) is 1. The minimum atomic E-state index is -4.56. The topological polar surface area (TPSA) is 117 Å². The Morgan fingerprint density at radius 1 is 1.41 bits per heavy atom. The van der Waals surface area contributed by atoms with E-state index in [1.54, 1.807) is 0 Å². The van der Waals surface area contributed by atoms with Crippen molar-refractivity contribution in [2.45, 2.75) is 24.7 Å². The number of nitrogens with zero attached hydrogens (tertiary/aromatic N) is 1. The number of carbonyl (C=O) groups is 1. The molecule has 0 aliphatic carbocycles. The third-order valence-corrected chi connectivity index (χ3v) is 4.06. The fourth-order valence-corrected chi connectivity index (χ4v) is 2.77. The number of aromatic nitrogens is 1. The third kappa shape index (κ3) is 3.18. The molecule has 8 heteroatoms. The molecule has 1 amide bonds. The maximum atomic E-state index is 12.1. The lowest BCUT2D eigenvalue weighted by Gasteiger charge is -2.11. The van der Waals surface area contributed by atoms with Crippen molar-refractivity contribution in [1.29, 1.82) is 0 Å². The minimum absolute atomic E-state index is 0.0487. The van der Waals surface area contributed by atoms with Gasteiger partial charge in [0.25, 0.3) is 16.0 Å². The molecule has 0 bridgehead atoms. The maximum Gasteiger partial charge on any atom is 0.295 e. The quantitative estimate of drug-likeness (QED) is 0.569.